The van der Waals surface area contributed by atoms with Crippen LogP contribution < -0.4 is 0 Å². The van der Waals surface area contributed by atoms with Gasteiger partial charge in [0.25, 0.3) is 5.91 Å². The van der Waals surface area contributed by atoms with Gasteiger partial charge in [0.2, 0.25) is 0 Å². The Balaban J connectivity index is 1.88. The molecule has 1 aliphatic rings. The predicted molar refractivity (Wildman–Crippen MR) is 84.1 cm³/mol. The lowest BCUT2D eigenvalue weighted by Gasteiger charge is -2.02. The number of hydrogen-bond acceptors (Lipinski definition) is 2. The Labute approximate surface area is 143 Å². The van der Waals surface area contributed by atoms with Crippen LogP contribution in [0.1, 0.15) is 21.5 Å². The number of aromatic hydroxyl groups is 1. The molecule has 0 fully saturated rings. The number of aliphatic imine (C=N–C) groups is 1. The van der Waals surface area contributed by atoms with Gasteiger partial charge in [0.15, 0.2) is 29.1 Å². The number of H-pyrrole nitrogens is 1. The third-order valence-electron chi connectivity index (χ3n) is 4.05. The smallest absolute Gasteiger partial charge is 0.280 e. The summed E-state index contributed by atoms with van der Waals surface area (Å²) in [5.74, 6) is -5.60. The Morgan fingerprint density at radius 3 is 2.00 bits per heavy atom. The van der Waals surface area contributed by atoms with Gasteiger partial charge in [0.1, 0.15) is 0 Å². The normalized spacial score (nSPS) is 13.1. The Kier molecular flexibility index (Phi) is 3.43. The first-order chi connectivity index (χ1) is 12.4. The maximum absolute atomic E-state index is 13.5. The maximum Gasteiger partial charge on any atom is 0.280 e. The molecule has 0 saturated heterocycles. The molecule has 0 bridgehead atoms. The molecule has 0 unspecified atom stereocenters. The van der Waals surface area contributed by atoms with Crippen LogP contribution in [-0.2, 0) is 0 Å². The number of aromatic nitrogens is 1. The molecule has 2 aromatic carbocycles. The van der Waals surface area contributed by atoms with Crippen LogP contribution in [0.4, 0.5) is 17.6 Å². The topological polar surface area (TPSA) is 65.4 Å². The van der Waals surface area contributed by atoms with Gasteiger partial charge in [0, 0.05) is 11.1 Å². The lowest BCUT2D eigenvalue weighted by atomic mass is 10.00. The standard InChI is InChI=1S/C18H8F4N2O2/c19-9-3-1-7(5-11(9)21)15-13-14(18(26)23-15)16(24-17(13)25)8-2-4-10(20)12(22)6-8/h1-6,23,26H. The van der Waals surface area contributed by atoms with Crippen LogP contribution in [0.25, 0.3) is 11.3 Å². The minimum atomic E-state index is -1.14. The Bertz CT molecular complexity index is 1120. The highest BCUT2D eigenvalue weighted by molar-refractivity contribution is 6.30. The summed E-state index contributed by atoms with van der Waals surface area (Å²) >= 11 is 0. The predicted octanol–water partition coefficient (Wildman–Crippen LogP) is 3.93. The van der Waals surface area contributed by atoms with E-state index < -0.39 is 35.1 Å². The summed E-state index contributed by atoms with van der Waals surface area (Å²) in [5, 5.41) is 10.2. The first-order valence-corrected chi connectivity index (χ1v) is 7.36. The van der Waals surface area contributed by atoms with E-state index in [1.165, 1.54) is 12.1 Å². The molecule has 26 heavy (non-hydrogen) atoms. The molecule has 3 aromatic rings. The number of fused-ring (bicyclic) bond motifs is 1. The van der Waals surface area contributed by atoms with Crippen LogP contribution in [0.5, 0.6) is 5.88 Å². The quantitative estimate of drug-likeness (QED) is 0.680. The molecular weight excluding hydrogens is 352 g/mol. The molecule has 4 rings (SSSR count). The van der Waals surface area contributed by atoms with Crippen molar-refractivity contribution in [3.05, 3.63) is 76.4 Å². The van der Waals surface area contributed by atoms with E-state index in [0.29, 0.717) is 0 Å². The third-order valence-corrected chi connectivity index (χ3v) is 4.05. The molecule has 0 saturated carbocycles. The minimum Gasteiger partial charge on any atom is -0.494 e. The zero-order valence-corrected chi connectivity index (χ0v) is 12.8. The second-order valence-corrected chi connectivity index (χ2v) is 5.62. The fourth-order valence-corrected chi connectivity index (χ4v) is 2.87. The van der Waals surface area contributed by atoms with Crippen LogP contribution in [0.3, 0.4) is 0 Å². The summed E-state index contributed by atoms with van der Waals surface area (Å²) in [6.07, 6.45) is 0. The summed E-state index contributed by atoms with van der Waals surface area (Å²) in [4.78, 5) is 18.6. The van der Waals surface area contributed by atoms with Crippen LogP contribution in [0, 0.1) is 23.3 Å². The summed E-state index contributed by atoms with van der Waals surface area (Å²) in [5.41, 5.74) is 0.126. The van der Waals surface area contributed by atoms with Crippen molar-refractivity contribution in [1.29, 1.82) is 0 Å². The maximum atomic E-state index is 13.5. The van der Waals surface area contributed by atoms with Crippen molar-refractivity contribution < 1.29 is 27.5 Å². The highest BCUT2D eigenvalue weighted by Crippen LogP contribution is 2.38. The van der Waals surface area contributed by atoms with Crippen molar-refractivity contribution in [2.24, 2.45) is 4.99 Å². The molecule has 130 valence electrons. The van der Waals surface area contributed by atoms with Crippen LogP contribution in [0.2, 0.25) is 0 Å². The number of nitrogens with zero attached hydrogens (tertiary/aromatic N) is 1. The number of halogens is 4. The molecule has 0 radical (unpaired) electrons. The molecule has 2 heterocycles. The van der Waals surface area contributed by atoms with E-state index in [1.807, 2.05) is 0 Å². The molecule has 2 N–H and O–H groups in total. The summed E-state index contributed by atoms with van der Waals surface area (Å²) in [7, 11) is 0. The van der Waals surface area contributed by atoms with Gasteiger partial charge in [-0.25, -0.2) is 22.6 Å². The highest BCUT2D eigenvalue weighted by Gasteiger charge is 2.33. The number of amides is 1. The third kappa shape index (κ3) is 2.30. The van der Waals surface area contributed by atoms with Crippen LogP contribution in [0.15, 0.2) is 41.4 Å². The van der Waals surface area contributed by atoms with Crippen molar-refractivity contribution >= 4 is 11.6 Å². The van der Waals surface area contributed by atoms with E-state index in [9.17, 15) is 27.5 Å². The van der Waals surface area contributed by atoms with Crippen molar-refractivity contribution in [2.45, 2.75) is 0 Å². The van der Waals surface area contributed by atoms with E-state index in [4.69, 9.17) is 0 Å². The summed E-state index contributed by atoms with van der Waals surface area (Å²) in [6.45, 7) is 0. The van der Waals surface area contributed by atoms with E-state index >= 15 is 0 Å². The van der Waals surface area contributed by atoms with Gasteiger partial charge in [-0.1, -0.05) is 0 Å². The number of rotatable bonds is 2. The van der Waals surface area contributed by atoms with E-state index in [-0.39, 0.29) is 33.7 Å². The molecule has 1 aliphatic heterocycles. The highest BCUT2D eigenvalue weighted by atomic mass is 19.2. The largest absolute Gasteiger partial charge is 0.494 e. The van der Waals surface area contributed by atoms with Gasteiger partial charge in [-0.15, -0.1) is 0 Å². The Morgan fingerprint density at radius 2 is 1.38 bits per heavy atom. The van der Waals surface area contributed by atoms with Crippen molar-refractivity contribution in [2.75, 3.05) is 0 Å². The average Bonchev–Trinajstić information content (AvgIpc) is 3.12. The fraction of sp³-hybridized carbons (Fsp3) is 0. The SMILES string of the molecule is O=C1N=C(c2ccc(F)c(F)c2)c2c(O)[nH]c(-c3ccc(F)c(F)c3)c21. The first-order valence-electron chi connectivity index (χ1n) is 7.36. The zero-order chi connectivity index (χ0) is 18.6. The molecule has 0 atom stereocenters. The van der Waals surface area contributed by atoms with E-state index in [1.54, 1.807) is 0 Å². The van der Waals surface area contributed by atoms with Gasteiger partial charge in [0.05, 0.1) is 22.5 Å². The Morgan fingerprint density at radius 1 is 0.808 bits per heavy atom. The van der Waals surface area contributed by atoms with Crippen LogP contribution in [-0.4, -0.2) is 21.7 Å². The number of nitrogens with one attached hydrogen (secondary N) is 1. The summed E-state index contributed by atoms with van der Waals surface area (Å²) < 4.78 is 53.3. The van der Waals surface area contributed by atoms with Gasteiger partial charge in [-0.3, -0.25) is 4.79 Å². The van der Waals surface area contributed by atoms with Crippen LogP contribution >= 0.6 is 0 Å². The average molecular weight is 360 g/mol. The Hall–Kier alpha value is -3.42. The number of benzene rings is 2. The minimum absolute atomic E-state index is 0.0132. The number of aromatic amines is 1. The van der Waals surface area contributed by atoms with Gasteiger partial charge < -0.3 is 10.1 Å². The zero-order valence-electron chi connectivity index (χ0n) is 12.8. The van der Waals surface area contributed by atoms with Gasteiger partial charge in [-0.05, 0) is 36.4 Å². The molecule has 8 heteroatoms. The fourth-order valence-electron chi connectivity index (χ4n) is 2.87. The lowest BCUT2D eigenvalue weighted by molar-refractivity contribution is 0.101. The van der Waals surface area contributed by atoms with E-state index in [2.05, 4.69) is 9.98 Å². The molecule has 0 aliphatic carbocycles. The van der Waals surface area contributed by atoms with Crippen molar-refractivity contribution in [3.8, 4) is 17.1 Å². The molecule has 0 spiro atoms. The van der Waals surface area contributed by atoms with Crippen molar-refractivity contribution in [3.63, 3.8) is 0 Å². The number of hydrogen-bond donors (Lipinski definition) is 2. The second-order valence-electron chi connectivity index (χ2n) is 5.62. The van der Waals surface area contributed by atoms with Gasteiger partial charge >= 0.3 is 0 Å². The molecule has 1 amide bonds. The number of carbonyl (C=O) groups is 1. The van der Waals surface area contributed by atoms with Gasteiger partial charge in [-0.2, -0.15) is 0 Å². The molecule has 1 aromatic heterocycles. The lowest BCUT2D eigenvalue weighted by Crippen LogP contribution is -2.01. The molecule has 4 nitrogen and oxygen atoms in total. The second kappa shape index (κ2) is 5.55. The molecular formula is C18H8F4N2O2. The summed E-state index contributed by atoms with van der Waals surface area (Å²) in [6, 6.07) is 5.90. The number of carbonyl (C=O) groups excluding carboxylic acids is 1. The van der Waals surface area contributed by atoms with Crippen molar-refractivity contribution in [1.82, 2.24) is 4.98 Å². The monoisotopic (exact) mass is 360 g/mol. The van der Waals surface area contributed by atoms with E-state index in [0.717, 1.165) is 24.3 Å². The first kappa shape index (κ1) is 16.1.